The topological polar surface area (TPSA) is 92.8 Å². The van der Waals surface area contributed by atoms with Gasteiger partial charge in [0.05, 0.1) is 34.5 Å². The molecule has 2 N–H and O–H groups in total. The summed E-state index contributed by atoms with van der Waals surface area (Å²) in [6.45, 7) is -1.91. The molecule has 8 nitrogen and oxygen atoms in total. The Morgan fingerprint density at radius 1 is 1.26 bits per heavy atom. The Kier molecular flexibility index (Phi) is 7.93. The largest absolute Gasteiger partial charge is 0.522 e. The van der Waals surface area contributed by atoms with Gasteiger partial charge < -0.3 is 20.3 Å². The summed E-state index contributed by atoms with van der Waals surface area (Å²) < 4.78 is 99.6. The molecule has 0 spiro atoms. The number of thiophene rings is 1. The van der Waals surface area contributed by atoms with Crippen molar-refractivity contribution in [2.24, 2.45) is 0 Å². The van der Waals surface area contributed by atoms with Gasteiger partial charge in [0.1, 0.15) is 11.9 Å². The van der Waals surface area contributed by atoms with E-state index < -0.39 is 62.1 Å². The maximum absolute atomic E-state index is 14.7. The first-order chi connectivity index (χ1) is 16.3. The lowest BCUT2D eigenvalue weighted by atomic mass is 10.1. The fourth-order valence-electron chi connectivity index (χ4n) is 3.39. The molecule has 2 aromatic rings. The number of piperidine rings is 1. The van der Waals surface area contributed by atoms with Crippen molar-refractivity contribution in [2.75, 3.05) is 38.2 Å². The van der Waals surface area contributed by atoms with Gasteiger partial charge >= 0.3 is 18.6 Å². The van der Waals surface area contributed by atoms with E-state index in [-0.39, 0.29) is 34.6 Å². The molecule has 194 valence electrons. The number of aromatic nitrogens is 1. The number of carbonyl (C=O) groups is 2. The molecule has 1 fully saturated rings. The number of pyridine rings is 1. The highest BCUT2D eigenvalue weighted by atomic mass is 32.1. The predicted octanol–water partition coefficient (Wildman–Crippen LogP) is 3.85. The van der Waals surface area contributed by atoms with Crippen LogP contribution in [0.2, 0.25) is 0 Å². The van der Waals surface area contributed by atoms with Gasteiger partial charge in [-0.05, 0) is 6.07 Å². The Labute approximate surface area is 197 Å². The molecule has 35 heavy (non-hydrogen) atoms. The van der Waals surface area contributed by atoms with Gasteiger partial charge in [-0.2, -0.15) is 13.2 Å². The minimum atomic E-state index is -4.87. The van der Waals surface area contributed by atoms with Crippen molar-refractivity contribution in [3.05, 3.63) is 22.6 Å². The second-order valence-corrected chi connectivity index (χ2v) is 8.23. The Morgan fingerprint density at radius 2 is 1.97 bits per heavy atom. The van der Waals surface area contributed by atoms with E-state index in [2.05, 4.69) is 15.0 Å². The molecule has 3 rings (SSSR count). The molecule has 2 amide bonds. The molecule has 0 radical (unpaired) electrons. The summed E-state index contributed by atoms with van der Waals surface area (Å²) >= 11 is 0.712. The van der Waals surface area contributed by atoms with E-state index in [9.17, 15) is 40.3 Å². The van der Waals surface area contributed by atoms with Crippen LogP contribution in [0.4, 0.5) is 41.3 Å². The SMILES string of the molecule is CNC(=O)c1csc2c(C(F)(F)F)cc(N3CC[C@@H](OC(=O)NCCOC(F)(F)F)[C@H](F)C3)nc12. The average Bonchev–Trinajstić information content (AvgIpc) is 3.19. The van der Waals surface area contributed by atoms with E-state index in [0.29, 0.717) is 11.3 Å². The summed E-state index contributed by atoms with van der Waals surface area (Å²) in [7, 11) is 1.32. The molecule has 2 atom stereocenters. The molecule has 2 aromatic heterocycles. The molecular formula is C19H19F7N4O4S. The molecule has 3 heterocycles. The summed E-state index contributed by atoms with van der Waals surface area (Å²) in [6, 6.07) is 0.772. The van der Waals surface area contributed by atoms with Crippen molar-refractivity contribution in [1.29, 1.82) is 0 Å². The first-order valence-electron chi connectivity index (χ1n) is 10.1. The van der Waals surface area contributed by atoms with Crippen LogP contribution in [-0.4, -0.2) is 68.9 Å². The number of hydrogen-bond donors (Lipinski definition) is 2. The van der Waals surface area contributed by atoms with E-state index in [1.807, 2.05) is 5.32 Å². The van der Waals surface area contributed by atoms with Gasteiger partial charge in [0, 0.05) is 31.9 Å². The van der Waals surface area contributed by atoms with Crippen molar-refractivity contribution in [1.82, 2.24) is 15.6 Å². The average molecular weight is 532 g/mol. The first-order valence-corrected chi connectivity index (χ1v) is 10.9. The molecule has 0 aromatic carbocycles. The van der Waals surface area contributed by atoms with E-state index in [1.165, 1.54) is 17.3 Å². The van der Waals surface area contributed by atoms with Crippen LogP contribution in [0.15, 0.2) is 11.4 Å². The minimum absolute atomic E-state index is 0.0369. The molecule has 0 saturated carbocycles. The lowest BCUT2D eigenvalue weighted by Crippen LogP contribution is -2.48. The Bertz CT molecular complexity index is 1080. The van der Waals surface area contributed by atoms with Gasteiger partial charge in [-0.25, -0.2) is 14.2 Å². The zero-order chi connectivity index (χ0) is 26.0. The van der Waals surface area contributed by atoms with Crippen LogP contribution < -0.4 is 15.5 Å². The highest BCUT2D eigenvalue weighted by Gasteiger charge is 2.38. The molecule has 0 bridgehead atoms. The third kappa shape index (κ3) is 6.62. The number of amides is 2. The third-order valence-electron chi connectivity index (χ3n) is 4.99. The number of nitrogens with zero attached hydrogens (tertiary/aromatic N) is 2. The number of ether oxygens (including phenoxy) is 2. The molecule has 0 aliphatic carbocycles. The fourth-order valence-corrected chi connectivity index (χ4v) is 4.41. The van der Waals surface area contributed by atoms with Gasteiger partial charge in [0.2, 0.25) is 0 Å². The summed E-state index contributed by atoms with van der Waals surface area (Å²) in [4.78, 5) is 29.2. The Balaban J connectivity index is 1.71. The molecule has 1 aliphatic heterocycles. The number of alkyl halides is 7. The highest BCUT2D eigenvalue weighted by molar-refractivity contribution is 7.17. The number of hydrogen-bond acceptors (Lipinski definition) is 7. The van der Waals surface area contributed by atoms with Crippen molar-refractivity contribution in [2.45, 2.75) is 31.2 Å². The quantitative estimate of drug-likeness (QED) is 0.434. The van der Waals surface area contributed by atoms with Crippen LogP contribution in [0.3, 0.4) is 0 Å². The number of anilines is 1. The number of alkyl carbamates (subject to hydrolysis) is 1. The van der Waals surface area contributed by atoms with Crippen LogP contribution in [0, 0.1) is 0 Å². The van der Waals surface area contributed by atoms with Crippen LogP contribution in [0.25, 0.3) is 10.2 Å². The summed E-state index contributed by atoms with van der Waals surface area (Å²) in [5.41, 5.74) is -1.25. The third-order valence-corrected chi connectivity index (χ3v) is 5.99. The van der Waals surface area contributed by atoms with Crippen LogP contribution in [-0.2, 0) is 15.7 Å². The van der Waals surface area contributed by atoms with Gasteiger partial charge in [0.25, 0.3) is 5.91 Å². The predicted molar refractivity (Wildman–Crippen MR) is 110 cm³/mol. The van der Waals surface area contributed by atoms with Crippen molar-refractivity contribution in [3.8, 4) is 0 Å². The van der Waals surface area contributed by atoms with Gasteiger partial charge in [-0.1, -0.05) is 0 Å². The lowest BCUT2D eigenvalue weighted by Gasteiger charge is -2.35. The molecular weight excluding hydrogens is 513 g/mol. The zero-order valence-electron chi connectivity index (χ0n) is 17.9. The molecule has 1 saturated heterocycles. The molecule has 0 unspecified atom stereocenters. The summed E-state index contributed by atoms with van der Waals surface area (Å²) in [6.07, 6.45) is -14.0. The van der Waals surface area contributed by atoms with E-state index in [4.69, 9.17) is 4.74 Å². The lowest BCUT2D eigenvalue weighted by molar-refractivity contribution is -0.323. The number of halogens is 7. The number of nitrogens with one attached hydrogen (secondary N) is 2. The normalized spacial score (nSPS) is 19.0. The monoisotopic (exact) mass is 532 g/mol. The Hall–Kier alpha value is -2.88. The maximum atomic E-state index is 14.7. The van der Waals surface area contributed by atoms with E-state index >= 15 is 0 Å². The number of fused-ring (bicyclic) bond motifs is 1. The molecule has 1 aliphatic rings. The van der Waals surface area contributed by atoms with E-state index in [0.717, 1.165) is 6.07 Å². The van der Waals surface area contributed by atoms with E-state index in [1.54, 1.807) is 0 Å². The van der Waals surface area contributed by atoms with Crippen LogP contribution in [0.5, 0.6) is 0 Å². The number of carbonyl (C=O) groups excluding carboxylic acids is 2. The maximum Gasteiger partial charge on any atom is 0.522 e. The highest BCUT2D eigenvalue weighted by Crippen LogP contribution is 2.40. The van der Waals surface area contributed by atoms with Crippen molar-refractivity contribution in [3.63, 3.8) is 0 Å². The Morgan fingerprint density at radius 3 is 2.57 bits per heavy atom. The summed E-state index contributed by atoms with van der Waals surface area (Å²) in [5.74, 6) is -0.834. The van der Waals surface area contributed by atoms with Crippen LogP contribution >= 0.6 is 11.3 Å². The fraction of sp³-hybridized carbons (Fsp3) is 0.526. The minimum Gasteiger partial charge on any atom is -0.443 e. The second-order valence-electron chi connectivity index (χ2n) is 7.35. The summed E-state index contributed by atoms with van der Waals surface area (Å²) in [5, 5.41) is 5.57. The smallest absolute Gasteiger partial charge is 0.443 e. The van der Waals surface area contributed by atoms with Gasteiger partial charge in [-0.15, -0.1) is 24.5 Å². The van der Waals surface area contributed by atoms with Crippen molar-refractivity contribution >= 4 is 39.4 Å². The standard InChI is InChI=1S/C19H19F7N4O4S/c1-27-16(31)9-8-35-15-10(18(21,22)23)6-13(29-14(9)15)30-4-2-12(11(20)7-30)34-17(32)28-3-5-33-19(24,25)26/h6,8,11-12H,2-5,7H2,1H3,(H,27,31)(H,28,32)/t11-,12-/m1/s1. The van der Waals surface area contributed by atoms with Gasteiger partial charge in [-0.3, -0.25) is 9.53 Å². The number of rotatable bonds is 6. The zero-order valence-corrected chi connectivity index (χ0v) is 18.7. The molecule has 16 heteroatoms. The van der Waals surface area contributed by atoms with Crippen LogP contribution in [0.1, 0.15) is 22.3 Å². The van der Waals surface area contributed by atoms with Crippen molar-refractivity contribution < 1.29 is 49.8 Å². The van der Waals surface area contributed by atoms with Gasteiger partial charge in [0.15, 0.2) is 6.17 Å². The first kappa shape index (κ1) is 26.7. The second kappa shape index (κ2) is 10.4.